The van der Waals surface area contributed by atoms with Crippen molar-refractivity contribution in [3.05, 3.63) is 70.6 Å². The minimum absolute atomic E-state index is 0.0423. The first-order chi connectivity index (χ1) is 15.7. The molecule has 0 saturated heterocycles. The Morgan fingerprint density at radius 2 is 1.88 bits per heavy atom. The summed E-state index contributed by atoms with van der Waals surface area (Å²) in [5.41, 5.74) is 2.40. The second-order valence-electron chi connectivity index (χ2n) is 8.70. The highest BCUT2D eigenvalue weighted by Crippen LogP contribution is 2.35. The molecular formula is C25H25BrN2O5. The maximum Gasteiger partial charge on any atom is 0.291 e. The quantitative estimate of drug-likeness (QED) is 0.478. The number of nitrogens with one attached hydrogen (secondary N) is 1. The van der Waals surface area contributed by atoms with E-state index in [2.05, 4.69) is 54.2 Å². The molecule has 0 unspecified atom stereocenters. The summed E-state index contributed by atoms with van der Waals surface area (Å²) in [6.45, 7) is 7.10. The van der Waals surface area contributed by atoms with Gasteiger partial charge in [-0.05, 0) is 69.4 Å². The molecule has 33 heavy (non-hydrogen) atoms. The molecule has 3 aromatic rings. The lowest BCUT2D eigenvalue weighted by atomic mass is 9.87. The fourth-order valence-electron chi connectivity index (χ4n) is 3.46. The molecule has 0 atom stereocenters. The molecule has 0 radical (unpaired) electrons. The summed E-state index contributed by atoms with van der Waals surface area (Å²) >= 11 is 3.18. The fraction of sp³-hybridized carbons (Fsp3) is 0.280. The molecule has 1 aromatic heterocycles. The topological polar surface area (TPSA) is 81.0 Å². The SMILES string of the molecule is CC(C)(C)c1ccc(OCCN2C(=O)COc3ccc(NC(=O)c4ccc(Br)o4)cc32)cc1. The molecule has 0 spiro atoms. The van der Waals surface area contributed by atoms with Crippen LogP contribution in [0, 0.1) is 0 Å². The number of halogens is 1. The van der Waals surface area contributed by atoms with Crippen molar-refractivity contribution < 1.29 is 23.5 Å². The predicted octanol–water partition coefficient (Wildman–Crippen LogP) is 5.40. The molecule has 1 aliphatic rings. The monoisotopic (exact) mass is 512 g/mol. The van der Waals surface area contributed by atoms with Crippen LogP contribution in [0.1, 0.15) is 36.9 Å². The molecule has 1 N–H and O–H groups in total. The number of furan rings is 1. The van der Waals surface area contributed by atoms with Gasteiger partial charge in [-0.15, -0.1) is 0 Å². The van der Waals surface area contributed by atoms with Crippen molar-refractivity contribution in [1.82, 2.24) is 0 Å². The molecule has 0 saturated carbocycles. The summed E-state index contributed by atoms with van der Waals surface area (Å²) in [6, 6.07) is 16.4. The second kappa shape index (κ2) is 9.31. The number of hydrogen-bond acceptors (Lipinski definition) is 5. The van der Waals surface area contributed by atoms with Crippen LogP contribution in [0.2, 0.25) is 0 Å². The van der Waals surface area contributed by atoms with E-state index in [9.17, 15) is 9.59 Å². The first-order valence-electron chi connectivity index (χ1n) is 10.6. The molecular weight excluding hydrogens is 488 g/mol. The van der Waals surface area contributed by atoms with E-state index in [-0.39, 0.29) is 23.7 Å². The van der Waals surface area contributed by atoms with E-state index in [4.69, 9.17) is 13.9 Å². The number of ether oxygens (including phenoxy) is 2. The lowest BCUT2D eigenvalue weighted by molar-refractivity contribution is -0.121. The van der Waals surface area contributed by atoms with Gasteiger partial charge in [-0.2, -0.15) is 0 Å². The lowest BCUT2D eigenvalue weighted by Crippen LogP contribution is -2.41. The highest BCUT2D eigenvalue weighted by molar-refractivity contribution is 9.10. The van der Waals surface area contributed by atoms with E-state index in [1.165, 1.54) is 5.56 Å². The van der Waals surface area contributed by atoms with Gasteiger partial charge in [0.25, 0.3) is 11.8 Å². The summed E-state index contributed by atoms with van der Waals surface area (Å²) in [6.07, 6.45) is 0. The highest BCUT2D eigenvalue weighted by atomic mass is 79.9. The van der Waals surface area contributed by atoms with Gasteiger partial charge in [0.1, 0.15) is 18.1 Å². The Balaban J connectivity index is 1.43. The Hall–Kier alpha value is -3.26. The fourth-order valence-corrected chi connectivity index (χ4v) is 3.77. The standard InChI is InChI=1S/C25H25BrN2O5/c1-25(2,3)16-4-7-18(8-5-16)31-13-12-28-19-14-17(6-9-20(19)32-15-23(28)29)27-24(30)21-10-11-22(26)33-21/h4-11,14H,12-13,15H2,1-3H3,(H,27,30). The molecule has 2 aromatic carbocycles. The number of carbonyl (C=O) groups is 2. The normalized spacial score (nSPS) is 13.3. The zero-order valence-corrected chi connectivity index (χ0v) is 20.3. The van der Waals surface area contributed by atoms with Gasteiger partial charge in [0.2, 0.25) is 0 Å². The summed E-state index contributed by atoms with van der Waals surface area (Å²) in [7, 11) is 0. The molecule has 172 valence electrons. The van der Waals surface area contributed by atoms with Crippen LogP contribution in [-0.2, 0) is 10.2 Å². The number of benzene rings is 2. The third kappa shape index (κ3) is 5.39. The highest BCUT2D eigenvalue weighted by Gasteiger charge is 2.26. The van der Waals surface area contributed by atoms with Crippen LogP contribution in [0.25, 0.3) is 0 Å². The minimum atomic E-state index is -0.391. The first kappa shape index (κ1) is 22.9. The van der Waals surface area contributed by atoms with Crippen molar-refractivity contribution in [1.29, 1.82) is 0 Å². The molecule has 7 nitrogen and oxygen atoms in total. The molecule has 0 aliphatic carbocycles. The van der Waals surface area contributed by atoms with Crippen LogP contribution in [0.15, 0.2) is 63.7 Å². The van der Waals surface area contributed by atoms with E-state index in [0.29, 0.717) is 34.9 Å². The van der Waals surface area contributed by atoms with E-state index in [0.717, 1.165) is 5.75 Å². The van der Waals surface area contributed by atoms with Crippen molar-refractivity contribution in [3.8, 4) is 11.5 Å². The van der Waals surface area contributed by atoms with Gasteiger partial charge in [0.05, 0.1) is 12.2 Å². The van der Waals surface area contributed by atoms with Gasteiger partial charge in [0, 0.05) is 5.69 Å². The number of carbonyl (C=O) groups excluding carboxylic acids is 2. The number of hydrogen-bond donors (Lipinski definition) is 1. The molecule has 4 rings (SSSR count). The summed E-state index contributed by atoms with van der Waals surface area (Å²) in [5, 5.41) is 2.78. The third-order valence-electron chi connectivity index (χ3n) is 5.26. The number of nitrogens with zero attached hydrogens (tertiary/aromatic N) is 1. The van der Waals surface area contributed by atoms with Gasteiger partial charge in [0.15, 0.2) is 17.0 Å². The maximum atomic E-state index is 12.5. The smallest absolute Gasteiger partial charge is 0.291 e. The average Bonchev–Trinajstić information content (AvgIpc) is 3.21. The number of anilines is 2. The van der Waals surface area contributed by atoms with Crippen molar-refractivity contribution in [2.45, 2.75) is 26.2 Å². The maximum absolute atomic E-state index is 12.5. The van der Waals surface area contributed by atoms with E-state index in [1.54, 1.807) is 35.2 Å². The number of fused-ring (bicyclic) bond motifs is 1. The van der Waals surface area contributed by atoms with Crippen molar-refractivity contribution in [3.63, 3.8) is 0 Å². The summed E-state index contributed by atoms with van der Waals surface area (Å²) < 4.78 is 17.2. The number of amides is 2. The summed E-state index contributed by atoms with van der Waals surface area (Å²) in [4.78, 5) is 26.6. The first-order valence-corrected chi connectivity index (χ1v) is 11.4. The Bertz CT molecular complexity index is 1160. The Labute approximate surface area is 200 Å². The van der Waals surface area contributed by atoms with Crippen LogP contribution in [-0.4, -0.2) is 31.6 Å². The zero-order chi connectivity index (χ0) is 23.6. The van der Waals surface area contributed by atoms with E-state index in [1.807, 2.05) is 12.1 Å². The van der Waals surface area contributed by atoms with Crippen LogP contribution in [0.3, 0.4) is 0 Å². The van der Waals surface area contributed by atoms with Crippen LogP contribution in [0.4, 0.5) is 11.4 Å². The molecule has 8 heteroatoms. The predicted molar refractivity (Wildman–Crippen MR) is 129 cm³/mol. The molecule has 0 fully saturated rings. The Morgan fingerprint density at radius 1 is 1.12 bits per heavy atom. The molecule has 2 heterocycles. The van der Waals surface area contributed by atoms with Crippen molar-refractivity contribution in [2.24, 2.45) is 0 Å². The molecule has 1 aliphatic heterocycles. The minimum Gasteiger partial charge on any atom is -0.492 e. The van der Waals surface area contributed by atoms with Gasteiger partial charge >= 0.3 is 0 Å². The van der Waals surface area contributed by atoms with Crippen LogP contribution in [0.5, 0.6) is 11.5 Å². The van der Waals surface area contributed by atoms with Gasteiger partial charge in [-0.1, -0.05) is 32.9 Å². The van der Waals surface area contributed by atoms with E-state index < -0.39 is 5.91 Å². The Kier molecular flexibility index (Phi) is 6.47. The third-order valence-corrected chi connectivity index (χ3v) is 5.69. The largest absolute Gasteiger partial charge is 0.492 e. The van der Waals surface area contributed by atoms with Gasteiger partial charge in [-0.3, -0.25) is 9.59 Å². The molecule has 2 amide bonds. The van der Waals surface area contributed by atoms with Crippen molar-refractivity contribution >= 4 is 39.1 Å². The van der Waals surface area contributed by atoms with Crippen LogP contribution >= 0.6 is 15.9 Å². The molecule has 0 bridgehead atoms. The van der Waals surface area contributed by atoms with Crippen LogP contribution < -0.4 is 19.7 Å². The number of rotatable bonds is 6. The average molecular weight is 513 g/mol. The van der Waals surface area contributed by atoms with Gasteiger partial charge in [-0.25, -0.2) is 0 Å². The summed E-state index contributed by atoms with van der Waals surface area (Å²) in [5.74, 6) is 0.928. The van der Waals surface area contributed by atoms with E-state index >= 15 is 0 Å². The Morgan fingerprint density at radius 3 is 2.55 bits per heavy atom. The lowest BCUT2D eigenvalue weighted by Gasteiger charge is -2.29. The van der Waals surface area contributed by atoms with Crippen molar-refractivity contribution in [2.75, 3.05) is 30.0 Å². The zero-order valence-electron chi connectivity index (χ0n) is 18.7. The van der Waals surface area contributed by atoms with Gasteiger partial charge < -0.3 is 24.1 Å². The second-order valence-corrected chi connectivity index (χ2v) is 9.48.